The average Bonchev–Trinajstić information content (AvgIpc) is 2.19. The van der Waals surface area contributed by atoms with Gasteiger partial charge in [0.15, 0.2) is 23.1 Å². The van der Waals surface area contributed by atoms with Gasteiger partial charge in [-0.1, -0.05) is 0 Å². The summed E-state index contributed by atoms with van der Waals surface area (Å²) < 4.78 is 35.7. The van der Waals surface area contributed by atoms with Gasteiger partial charge in [0.2, 0.25) is 0 Å². The van der Waals surface area contributed by atoms with E-state index in [0.717, 1.165) is 6.07 Å². The molecule has 1 aromatic rings. The summed E-state index contributed by atoms with van der Waals surface area (Å²) in [7, 11) is 2.45. The third kappa shape index (κ3) is 1.63. The maximum atomic E-state index is 13.2. The van der Waals surface area contributed by atoms with E-state index in [1.807, 2.05) is 0 Å². The van der Waals surface area contributed by atoms with Gasteiger partial charge in [0.25, 0.3) is 0 Å². The lowest BCUT2D eigenvalue weighted by atomic mass is 10.2. The van der Waals surface area contributed by atoms with Crippen molar-refractivity contribution >= 4 is 0 Å². The van der Waals surface area contributed by atoms with Crippen molar-refractivity contribution in [2.45, 2.75) is 6.61 Å². The van der Waals surface area contributed by atoms with E-state index in [9.17, 15) is 13.9 Å². The van der Waals surface area contributed by atoms with E-state index in [1.54, 1.807) is 0 Å². The predicted octanol–water partition coefficient (Wildman–Crippen LogP) is 1.91. The van der Waals surface area contributed by atoms with Crippen molar-refractivity contribution in [1.82, 2.24) is 0 Å². The fraction of sp³-hybridized carbons (Fsp3) is 0.333. The van der Waals surface area contributed by atoms with Crippen LogP contribution >= 0.6 is 0 Å². The molecule has 77 valence electrons. The zero-order valence-corrected chi connectivity index (χ0v) is 7.77. The van der Waals surface area contributed by atoms with Crippen molar-refractivity contribution < 1.29 is 23.4 Å². The fourth-order valence-corrected chi connectivity index (χ4v) is 1.06. The first kappa shape index (κ1) is 10.7. The summed E-state index contributed by atoms with van der Waals surface area (Å²) in [5, 5.41) is 10.5. The number of hydrogen-bond donors (Lipinski definition) is 0. The molecule has 0 aliphatic heterocycles. The first-order valence-electron chi connectivity index (χ1n) is 3.82. The lowest BCUT2D eigenvalue weighted by Crippen LogP contribution is -2.01. The highest BCUT2D eigenvalue weighted by Crippen LogP contribution is 2.31. The molecule has 0 atom stereocenters. The molecule has 0 spiro atoms. The Morgan fingerprint density at radius 1 is 1.14 bits per heavy atom. The Morgan fingerprint density at radius 2 is 1.57 bits per heavy atom. The zero-order valence-electron chi connectivity index (χ0n) is 7.77. The number of methoxy groups -OCH3 is 2. The number of halogens is 2. The molecule has 0 fully saturated rings. The van der Waals surface area contributed by atoms with Gasteiger partial charge in [-0.15, -0.1) is 0 Å². The molecule has 0 amide bonds. The van der Waals surface area contributed by atoms with Crippen LogP contribution in [-0.4, -0.2) is 14.2 Å². The van der Waals surface area contributed by atoms with Crippen molar-refractivity contribution in [3.8, 4) is 11.5 Å². The molecular weight excluding hydrogens is 194 g/mol. The average molecular weight is 203 g/mol. The van der Waals surface area contributed by atoms with Crippen LogP contribution in [0.2, 0.25) is 0 Å². The molecule has 0 unspecified atom stereocenters. The van der Waals surface area contributed by atoms with Crippen LogP contribution in [0.3, 0.4) is 0 Å². The monoisotopic (exact) mass is 203 g/mol. The molecule has 14 heavy (non-hydrogen) atoms. The minimum atomic E-state index is -0.995. The van der Waals surface area contributed by atoms with Crippen LogP contribution in [0.15, 0.2) is 6.07 Å². The molecule has 3 nitrogen and oxygen atoms in total. The van der Waals surface area contributed by atoms with E-state index < -0.39 is 23.8 Å². The largest absolute Gasteiger partial charge is 0.494 e. The predicted molar refractivity (Wildman–Crippen MR) is 43.9 cm³/mol. The van der Waals surface area contributed by atoms with Gasteiger partial charge >= 0.3 is 0 Å². The van der Waals surface area contributed by atoms with Gasteiger partial charge in [-0.3, -0.25) is 0 Å². The summed E-state index contributed by atoms with van der Waals surface area (Å²) in [6, 6.07) is 1.06. The van der Waals surface area contributed by atoms with E-state index in [2.05, 4.69) is 9.47 Å². The second kappa shape index (κ2) is 4.23. The van der Waals surface area contributed by atoms with Crippen molar-refractivity contribution in [1.29, 1.82) is 0 Å². The number of ether oxygens (including phenoxy) is 2. The summed E-state index contributed by atoms with van der Waals surface area (Å²) in [5.74, 6) is -2.34. The molecule has 0 heterocycles. The summed E-state index contributed by atoms with van der Waals surface area (Å²) >= 11 is 0. The first-order valence-corrected chi connectivity index (χ1v) is 3.82. The first-order chi connectivity index (χ1) is 6.65. The van der Waals surface area contributed by atoms with E-state index in [4.69, 9.17) is 0 Å². The van der Waals surface area contributed by atoms with Crippen LogP contribution in [0.4, 0.5) is 8.78 Å². The normalized spacial score (nSPS) is 10.1. The molecule has 0 N–H and O–H groups in total. The van der Waals surface area contributed by atoms with Gasteiger partial charge in [-0.05, 0) is 0 Å². The van der Waals surface area contributed by atoms with Crippen LogP contribution in [-0.2, 0) is 11.7 Å². The van der Waals surface area contributed by atoms with E-state index in [1.165, 1.54) is 14.2 Å². The van der Waals surface area contributed by atoms with Crippen molar-refractivity contribution in [3.63, 3.8) is 0 Å². The Kier molecular flexibility index (Phi) is 3.24. The summed E-state index contributed by atoms with van der Waals surface area (Å²) in [5.41, 5.74) is -0.568. The molecule has 1 rings (SSSR count). The Hall–Kier alpha value is -1.36. The minimum Gasteiger partial charge on any atom is -0.494 e. The fourth-order valence-electron chi connectivity index (χ4n) is 1.06. The van der Waals surface area contributed by atoms with E-state index >= 15 is 0 Å². The Bertz CT molecular complexity index is 311. The smallest absolute Gasteiger partial charge is 0.173 e. The van der Waals surface area contributed by atoms with Gasteiger partial charge in [0.05, 0.1) is 19.8 Å². The number of rotatable bonds is 3. The lowest BCUT2D eigenvalue weighted by molar-refractivity contribution is 0.167. The van der Waals surface area contributed by atoms with E-state index in [-0.39, 0.29) is 11.5 Å². The van der Waals surface area contributed by atoms with Crippen LogP contribution < -0.4 is 9.47 Å². The summed E-state index contributed by atoms with van der Waals surface area (Å²) in [6.45, 7) is -0.995. The van der Waals surface area contributed by atoms with Gasteiger partial charge < -0.3 is 9.47 Å². The Labute approximate surface area is 79.9 Å². The van der Waals surface area contributed by atoms with Crippen LogP contribution in [0.25, 0.3) is 0 Å². The third-order valence-electron chi connectivity index (χ3n) is 1.81. The summed E-state index contributed by atoms with van der Waals surface area (Å²) in [4.78, 5) is 0. The molecule has 0 aliphatic rings. The highest BCUT2D eigenvalue weighted by atomic mass is 19.1. The number of benzene rings is 1. The zero-order chi connectivity index (χ0) is 10.7. The highest BCUT2D eigenvalue weighted by Gasteiger charge is 2.19. The van der Waals surface area contributed by atoms with Crippen LogP contribution in [0.5, 0.6) is 11.5 Å². The summed E-state index contributed by atoms with van der Waals surface area (Å²) in [6.07, 6.45) is 0. The maximum Gasteiger partial charge on any atom is 0.173 e. The molecule has 1 radical (unpaired) electrons. The van der Waals surface area contributed by atoms with Gasteiger partial charge in [-0.25, -0.2) is 13.9 Å². The lowest BCUT2D eigenvalue weighted by Gasteiger charge is -2.10. The van der Waals surface area contributed by atoms with E-state index in [0.29, 0.717) is 0 Å². The SMILES string of the molecule is COc1cc(OC)c(F)c(C[O])c1F. The standard InChI is InChI=1S/C9H9F2O3/c1-13-6-3-7(14-2)9(11)5(4-12)8(6)10/h3H,4H2,1-2H3. The molecule has 0 saturated carbocycles. The Morgan fingerprint density at radius 3 is 1.86 bits per heavy atom. The van der Waals surface area contributed by atoms with Gasteiger partial charge in [-0.2, -0.15) is 0 Å². The van der Waals surface area contributed by atoms with Crippen molar-refractivity contribution in [2.75, 3.05) is 14.2 Å². The topological polar surface area (TPSA) is 38.4 Å². The second-order valence-electron chi connectivity index (χ2n) is 2.53. The quantitative estimate of drug-likeness (QED) is 0.752. The molecular formula is C9H9F2O3. The minimum absolute atomic E-state index is 0.200. The van der Waals surface area contributed by atoms with Crippen LogP contribution in [0, 0.1) is 11.6 Å². The highest BCUT2D eigenvalue weighted by molar-refractivity contribution is 5.41. The maximum absolute atomic E-state index is 13.2. The molecule has 5 heteroatoms. The van der Waals surface area contributed by atoms with Crippen molar-refractivity contribution in [2.24, 2.45) is 0 Å². The molecule has 1 aromatic carbocycles. The molecule has 0 bridgehead atoms. The Balaban J connectivity index is 3.39. The second-order valence-corrected chi connectivity index (χ2v) is 2.53. The number of hydrogen-bond acceptors (Lipinski definition) is 2. The van der Waals surface area contributed by atoms with Gasteiger partial charge in [0, 0.05) is 6.07 Å². The molecule has 0 saturated heterocycles. The third-order valence-corrected chi connectivity index (χ3v) is 1.81. The molecule has 0 aromatic heterocycles. The molecule has 0 aliphatic carbocycles. The van der Waals surface area contributed by atoms with Gasteiger partial charge in [0.1, 0.15) is 6.61 Å². The van der Waals surface area contributed by atoms with Crippen LogP contribution in [0.1, 0.15) is 5.56 Å². The van der Waals surface area contributed by atoms with Crippen molar-refractivity contribution in [3.05, 3.63) is 23.3 Å².